The molecule has 0 bridgehead atoms. The average Bonchev–Trinajstić information content (AvgIpc) is 1.63. The molecule has 4 fully saturated rings. The SMILES string of the molecule is CC[C@H](C)[C@H](NC(=O)OC)C(=O)N1C[C@@H](C)CC1c1ncc(-c2ccc3c(c2)COc2cc4c(ccc5[nH]c([C@@H]6C[C@H](COC)CN6C(=O)OC(C)(C)C)nc54)cc2-3)[nH]1.COC(=O)NC(C(=O)O)C(C)C.COC[C@H]1C[C@@H](c2nc3c(ccc4cc5c(cc43)OCc3cc(-c4cnc(C6C[C@H](C)CN6C(=O)[C@@H](NC(=O)OC)C(C)C)[nH]4)ccc3-5)[nH]2)N(C(=O)[C@@H](NC(=O)OC)C(C)C)C1. The number of aromatic amines is 4. The first-order valence-electron chi connectivity index (χ1n) is 45.6. The Kier molecular flexibility index (Phi) is 29.3. The number of amides is 8. The summed E-state index contributed by atoms with van der Waals surface area (Å²) in [6.07, 6.45) is 4.27. The van der Waals surface area contributed by atoms with E-state index in [1.54, 1.807) is 33.0 Å². The van der Waals surface area contributed by atoms with Crippen LogP contribution in [0.15, 0.2) is 97.3 Å². The number of ether oxygens (including phenoxy) is 9. The number of hydrogen-bond donors (Lipinski definition) is 9. The van der Waals surface area contributed by atoms with E-state index in [0.717, 1.165) is 148 Å². The summed E-state index contributed by atoms with van der Waals surface area (Å²) in [7, 11) is 8.41. The molecule has 16 rings (SSSR count). The highest BCUT2D eigenvalue weighted by molar-refractivity contribution is 6.08. The summed E-state index contributed by atoms with van der Waals surface area (Å²) in [6.45, 7) is 28.8. The molecule has 133 heavy (non-hydrogen) atoms. The van der Waals surface area contributed by atoms with E-state index < -0.39 is 60.1 Å². The molecule has 3 unspecified atom stereocenters. The Bertz CT molecular complexity index is 5990. The fraction of sp³-hybridized carbons (Fsp3) is 0.500. The van der Waals surface area contributed by atoms with Crippen molar-refractivity contribution in [1.82, 2.24) is 80.7 Å². The number of carboxylic acids is 1. The van der Waals surface area contributed by atoms with Crippen molar-refractivity contribution in [2.24, 2.45) is 47.3 Å². The summed E-state index contributed by atoms with van der Waals surface area (Å²) in [4.78, 5) is 154. The highest BCUT2D eigenvalue weighted by atomic mass is 16.6. The van der Waals surface area contributed by atoms with Crippen LogP contribution in [0, 0.1) is 47.3 Å². The van der Waals surface area contributed by atoms with Gasteiger partial charge in [-0.15, -0.1) is 0 Å². The fourth-order valence-corrected chi connectivity index (χ4v) is 19.0. The molecule has 4 aromatic heterocycles. The van der Waals surface area contributed by atoms with Gasteiger partial charge in [-0.05, 0) is 175 Å². The predicted octanol–water partition coefficient (Wildman–Crippen LogP) is 15.6. The number of nitrogens with zero attached hydrogens (tertiary/aromatic N) is 8. The Balaban J connectivity index is 0.000000190. The summed E-state index contributed by atoms with van der Waals surface area (Å²) < 4.78 is 48.4. The smallest absolute Gasteiger partial charge is 0.410 e. The van der Waals surface area contributed by atoms with Crippen molar-refractivity contribution in [2.75, 3.05) is 82.1 Å². The minimum atomic E-state index is -1.06. The number of carbonyl (C=O) groups is 9. The zero-order valence-electron chi connectivity index (χ0n) is 79.0. The summed E-state index contributed by atoms with van der Waals surface area (Å²) in [5.74, 6) is 3.10. The number of carbonyl (C=O) groups excluding carboxylic acids is 8. The van der Waals surface area contributed by atoms with Crippen molar-refractivity contribution in [2.45, 2.75) is 189 Å². The lowest BCUT2D eigenvalue weighted by Crippen LogP contribution is -2.51. The fourth-order valence-electron chi connectivity index (χ4n) is 19.0. The lowest BCUT2D eigenvalue weighted by molar-refractivity contribution is -0.140. The number of fused-ring (bicyclic) bond motifs is 12. The Hall–Kier alpha value is -13.1. The molecule has 13 atom stereocenters. The largest absolute Gasteiger partial charge is 0.488 e. The average molecular weight is 1830 g/mol. The van der Waals surface area contributed by atoms with E-state index in [1.807, 2.05) is 102 Å². The van der Waals surface area contributed by atoms with Gasteiger partial charge in [0.25, 0.3) is 0 Å². The van der Waals surface area contributed by atoms with Crippen molar-refractivity contribution in [3.05, 3.63) is 132 Å². The molecular weight excluding hydrogens is 1710 g/mol. The number of likely N-dealkylation sites (tertiary alicyclic amines) is 4. The molecule has 0 spiro atoms. The van der Waals surface area contributed by atoms with Crippen LogP contribution in [0.4, 0.5) is 24.0 Å². The number of hydrogen-bond acceptors (Lipinski definition) is 22. The number of H-pyrrole nitrogens is 4. The molecule has 0 aliphatic carbocycles. The number of aromatic nitrogens is 8. The molecule has 35 heteroatoms. The van der Waals surface area contributed by atoms with Gasteiger partial charge in [0.15, 0.2) is 0 Å². The van der Waals surface area contributed by atoms with Gasteiger partial charge in [0.05, 0.1) is 112 Å². The van der Waals surface area contributed by atoms with Crippen LogP contribution in [0.3, 0.4) is 0 Å². The van der Waals surface area contributed by atoms with Crippen LogP contribution in [-0.4, -0.2) is 231 Å². The van der Waals surface area contributed by atoms with Gasteiger partial charge < -0.3 is 104 Å². The van der Waals surface area contributed by atoms with Crippen molar-refractivity contribution in [1.29, 1.82) is 0 Å². The highest BCUT2D eigenvalue weighted by Crippen LogP contribution is 2.48. The molecule has 4 saturated heterocycles. The third-order valence-corrected chi connectivity index (χ3v) is 26.0. The number of alkyl carbamates (subject to hydrolysis) is 4. The van der Waals surface area contributed by atoms with Crippen LogP contribution < -0.4 is 30.7 Å². The molecule has 6 aromatic carbocycles. The van der Waals surface area contributed by atoms with E-state index >= 15 is 0 Å². The number of benzene rings is 6. The van der Waals surface area contributed by atoms with Crippen LogP contribution in [0.2, 0.25) is 0 Å². The normalized spacial score (nSPS) is 20.1. The number of rotatable bonds is 23. The summed E-state index contributed by atoms with van der Waals surface area (Å²) in [6, 6.07) is 25.1. The molecule has 710 valence electrons. The van der Waals surface area contributed by atoms with E-state index in [-0.39, 0.29) is 95.3 Å². The number of methoxy groups -OCH3 is 6. The van der Waals surface area contributed by atoms with E-state index in [4.69, 9.17) is 62.9 Å². The van der Waals surface area contributed by atoms with Gasteiger partial charge in [-0.1, -0.05) is 112 Å². The Morgan fingerprint density at radius 1 is 0.466 bits per heavy atom. The van der Waals surface area contributed by atoms with Crippen LogP contribution in [0.1, 0.15) is 181 Å². The number of nitrogens with one attached hydrogen (secondary N) is 8. The number of imidazole rings is 4. The first kappa shape index (κ1) is 96.0. The minimum Gasteiger partial charge on any atom is -0.488 e. The lowest BCUT2D eigenvalue weighted by atomic mass is 9.92. The van der Waals surface area contributed by atoms with Crippen molar-refractivity contribution in [3.8, 4) is 56.3 Å². The lowest BCUT2D eigenvalue weighted by Gasteiger charge is -2.30. The van der Waals surface area contributed by atoms with Gasteiger partial charge in [-0.25, -0.2) is 48.7 Å². The van der Waals surface area contributed by atoms with E-state index in [2.05, 4.69) is 133 Å². The van der Waals surface area contributed by atoms with Crippen LogP contribution in [0.25, 0.3) is 88.4 Å². The Morgan fingerprint density at radius 3 is 1.24 bits per heavy atom. The number of aliphatic carboxylic acids is 1. The van der Waals surface area contributed by atoms with Crippen LogP contribution >= 0.6 is 0 Å². The molecule has 6 aliphatic rings. The van der Waals surface area contributed by atoms with Crippen LogP contribution in [0.5, 0.6) is 11.5 Å². The van der Waals surface area contributed by atoms with E-state index in [1.165, 1.54) is 28.4 Å². The van der Waals surface area contributed by atoms with Gasteiger partial charge >= 0.3 is 36.4 Å². The maximum absolute atomic E-state index is 14.1. The molecule has 6 aliphatic heterocycles. The predicted molar refractivity (Wildman–Crippen MR) is 497 cm³/mol. The first-order valence-corrected chi connectivity index (χ1v) is 45.6. The second-order valence-electron chi connectivity index (χ2n) is 37.9. The Labute approximate surface area is 772 Å². The standard InChI is InChI=1S/C46H56N8O8.C45H55N7O7.C7H13NO4/c1-23(2)38(51-45(57)60-7)43(55)53-19-25(5)13-35(53)41-47-18-34(49-41)28-9-11-30-29(15-28)22-62-37-17-31-27(16-32(30)37)10-12-33-40(31)50-42(48-33)36-14-26(21-59-6)20-54(36)44(56)39(24(3)4)52-46(58)61-8;1-9-25(3)38(50-43(54)57-8)42(53)51-20-24(2)14-35(51)40-46-19-34(48-40)28-10-12-30-29(16-28)23-58-37-18-31-27(17-32(30)37)11-13-33-39(31)49-41(47-33)36-15-26(22-56-7)21-52(36)44(55)59-45(4,5)6;1-4(2)5(6(9)10)8-7(11)12-3/h9-12,15-18,23-26,35-36,38-39H,13-14,19-22H2,1-8H3,(H,47,49)(H,48,50)(H,51,57)(H,52,58);10-13,16-19,24-26,35-36,38H,9,14-15,20-23H2,1-8H3,(H,46,48)(H,47,49)(H,50,54);4-5H,1-3H3,(H,8,11)(H,9,10)/t25-,26-,35?,36-,38-,39-;24-,25-,26-,35?,36-,38-;/m00./s1. The third kappa shape index (κ3) is 20.8. The quantitative estimate of drug-likeness (QED) is 0.0269. The molecule has 9 N–H and O–H groups in total. The maximum atomic E-state index is 14.1. The molecule has 8 amide bonds. The van der Waals surface area contributed by atoms with Gasteiger partial charge in [0, 0.05) is 74.1 Å². The summed E-state index contributed by atoms with van der Waals surface area (Å²) in [5.41, 5.74) is 12.6. The second kappa shape index (κ2) is 40.6. The molecule has 10 heterocycles. The zero-order valence-corrected chi connectivity index (χ0v) is 79.0. The van der Waals surface area contributed by atoms with Crippen LogP contribution in [-0.2, 0) is 65.5 Å². The van der Waals surface area contributed by atoms with Crippen molar-refractivity contribution in [3.63, 3.8) is 0 Å². The van der Waals surface area contributed by atoms with Gasteiger partial charge in [0.2, 0.25) is 17.7 Å². The summed E-state index contributed by atoms with van der Waals surface area (Å²) >= 11 is 0. The topological polar surface area (TPSA) is 433 Å². The van der Waals surface area contributed by atoms with Gasteiger partial charge in [-0.2, -0.15) is 0 Å². The zero-order chi connectivity index (χ0) is 95.5. The molecule has 0 radical (unpaired) electrons. The van der Waals surface area contributed by atoms with E-state index in [0.29, 0.717) is 70.7 Å². The minimum absolute atomic E-state index is 0.0690. The Morgan fingerprint density at radius 2 is 0.850 bits per heavy atom. The maximum Gasteiger partial charge on any atom is 0.410 e. The van der Waals surface area contributed by atoms with E-state index in [9.17, 15) is 43.2 Å². The molecule has 0 saturated carbocycles. The monoisotopic (exact) mass is 1830 g/mol. The second-order valence-corrected chi connectivity index (χ2v) is 37.9. The highest BCUT2D eigenvalue weighted by Gasteiger charge is 2.46. The first-order chi connectivity index (χ1) is 63.5. The third-order valence-electron chi connectivity index (χ3n) is 26.0. The number of carboxylic acid groups (broad SMARTS) is 1. The molecule has 35 nitrogen and oxygen atoms in total. The molecule has 10 aromatic rings. The molecular formula is C98H124N16O19. The van der Waals surface area contributed by atoms with Gasteiger partial charge in [-0.3, -0.25) is 19.3 Å². The summed E-state index contributed by atoms with van der Waals surface area (Å²) in [5, 5.41) is 23.0. The van der Waals surface area contributed by atoms with Gasteiger partial charge in [0.1, 0.15) is 77.8 Å². The van der Waals surface area contributed by atoms with Crippen molar-refractivity contribution >= 4 is 97.8 Å². The van der Waals surface area contributed by atoms with Crippen molar-refractivity contribution < 1.29 is 90.9 Å².